The van der Waals surface area contributed by atoms with Crippen LogP contribution in [0.2, 0.25) is 0 Å². The van der Waals surface area contributed by atoms with E-state index in [4.69, 9.17) is 9.98 Å². The van der Waals surface area contributed by atoms with E-state index in [1.54, 1.807) is 0 Å². The summed E-state index contributed by atoms with van der Waals surface area (Å²) >= 11 is 0. The molecule has 0 N–H and O–H groups in total. The van der Waals surface area contributed by atoms with Gasteiger partial charge >= 0.3 is 0 Å². The first-order valence-corrected chi connectivity index (χ1v) is 18.5. The first-order chi connectivity index (χ1) is 26.1. The molecule has 53 heavy (non-hydrogen) atoms. The lowest BCUT2D eigenvalue weighted by Gasteiger charge is -2.22. The number of fused-ring (bicyclic) bond motifs is 13. The van der Waals surface area contributed by atoms with Crippen LogP contribution in [0.25, 0.3) is 71.1 Å². The van der Waals surface area contributed by atoms with Gasteiger partial charge in [0.2, 0.25) is 0 Å². The zero-order valence-corrected chi connectivity index (χ0v) is 29.6. The molecule has 0 bridgehead atoms. The van der Waals surface area contributed by atoms with Crippen LogP contribution in [-0.4, -0.2) is 16.1 Å². The molecular weight excluding hydrogens is 643 g/mol. The Balaban J connectivity index is 1.25. The second-order valence-corrected chi connectivity index (χ2v) is 14.9. The smallest absolute Gasteiger partial charge is 0.161 e. The maximum Gasteiger partial charge on any atom is 0.161 e. The summed E-state index contributed by atoms with van der Waals surface area (Å²) in [6.45, 7) is 4.66. The Morgan fingerprint density at radius 1 is 0.491 bits per heavy atom. The maximum absolute atomic E-state index is 5.63. The summed E-state index contributed by atoms with van der Waals surface area (Å²) in [4.78, 5) is 11.1. The predicted octanol–water partition coefficient (Wildman–Crippen LogP) is 12.7. The minimum atomic E-state index is -0.135. The minimum Gasteiger partial charge on any atom is -0.293 e. The molecule has 9 aromatic rings. The third kappa shape index (κ3) is 4.34. The molecule has 0 amide bonds. The highest BCUT2D eigenvalue weighted by atomic mass is 15.1. The molecule has 0 spiro atoms. The van der Waals surface area contributed by atoms with E-state index in [1.807, 2.05) is 0 Å². The summed E-state index contributed by atoms with van der Waals surface area (Å²) in [6.07, 6.45) is 2.93. The highest BCUT2D eigenvalue weighted by Crippen LogP contribution is 2.49. The molecule has 0 atom stereocenters. The van der Waals surface area contributed by atoms with E-state index in [0.717, 1.165) is 28.5 Å². The molecule has 0 radical (unpaired) electrons. The van der Waals surface area contributed by atoms with Crippen molar-refractivity contribution in [3.8, 4) is 11.1 Å². The zero-order chi connectivity index (χ0) is 35.3. The van der Waals surface area contributed by atoms with Gasteiger partial charge in [-0.25, -0.2) is 9.98 Å². The number of aromatic nitrogens is 1. The Hall–Kier alpha value is -6.58. The number of allylic oxidation sites excluding steroid dienone is 1. The van der Waals surface area contributed by atoms with Gasteiger partial charge in [0.1, 0.15) is 5.82 Å². The average Bonchev–Trinajstić information content (AvgIpc) is 3.56. The second kappa shape index (κ2) is 11.2. The summed E-state index contributed by atoms with van der Waals surface area (Å²) in [5, 5.41) is 9.86. The standard InChI is InChI=1S/C50H35N3/c1-50(2)42-23-13-12-20-37(42)38-26-25-33(30-43(38)50)49-51-44(32-15-4-3-5-16-32)28-29-45(52-49)53-47-34-17-7-6-14-31(34)24-27-41(47)46-39-21-10-8-18-35(39)36-19-9-11-22-40(36)48(46)53/h3-27,29-30H,28H2,1-2H3. The molecule has 2 heterocycles. The topological polar surface area (TPSA) is 29.6 Å². The van der Waals surface area contributed by atoms with Crippen molar-refractivity contribution in [2.24, 2.45) is 9.98 Å². The molecule has 1 aromatic heterocycles. The number of amidine groups is 1. The molecule has 0 saturated carbocycles. The third-order valence-electron chi connectivity index (χ3n) is 11.6. The van der Waals surface area contributed by atoms with Crippen LogP contribution < -0.4 is 0 Å². The fourth-order valence-electron chi connectivity index (χ4n) is 9.13. The highest BCUT2D eigenvalue weighted by Gasteiger charge is 2.35. The van der Waals surface area contributed by atoms with Gasteiger partial charge < -0.3 is 0 Å². The molecule has 1 aliphatic carbocycles. The van der Waals surface area contributed by atoms with Crippen molar-refractivity contribution in [1.29, 1.82) is 0 Å². The molecule has 0 unspecified atom stereocenters. The van der Waals surface area contributed by atoms with E-state index in [0.29, 0.717) is 6.42 Å². The van der Waals surface area contributed by atoms with E-state index >= 15 is 0 Å². The fraction of sp³-hybridized carbons (Fsp3) is 0.0800. The third-order valence-corrected chi connectivity index (χ3v) is 11.6. The van der Waals surface area contributed by atoms with Crippen molar-refractivity contribution in [3.63, 3.8) is 0 Å². The van der Waals surface area contributed by atoms with Crippen molar-refractivity contribution in [2.45, 2.75) is 25.7 Å². The van der Waals surface area contributed by atoms with Crippen molar-refractivity contribution in [1.82, 2.24) is 4.57 Å². The monoisotopic (exact) mass is 677 g/mol. The highest BCUT2D eigenvalue weighted by molar-refractivity contribution is 6.34. The van der Waals surface area contributed by atoms with Gasteiger partial charge in [-0.3, -0.25) is 4.57 Å². The molecule has 8 aromatic carbocycles. The molecule has 11 rings (SSSR count). The number of benzene rings is 8. The van der Waals surface area contributed by atoms with Gasteiger partial charge in [0.15, 0.2) is 5.84 Å². The molecule has 0 saturated heterocycles. The first kappa shape index (κ1) is 30.1. The van der Waals surface area contributed by atoms with E-state index < -0.39 is 0 Å². The number of nitrogens with zero attached hydrogens (tertiary/aromatic N) is 3. The van der Waals surface area contributed by atoms with Gasteiger partial charge in [0.05, 0.1) is 16.7 Å². The lowest BCUT2D eigenvalue weighted by atomic mass is 9.82. The summed E-state index contributed by atoms with van der Waals surface area (Å²) in [6, 6.07) is 57.2. The van der Waals surface area contributed by atoms with Crippen LogP contribution in [0, 0.1) is 0 Å². The van der Waals surface area contributed by atoms with Crippen LogP contribution >= 0.6 is 0 Å². The average molecular weight is 678 g/mol. The van der Waals surface area contributed by atoms with Gasteiger partial charge in [-0.05, 0) is 61.5 Å². The van der Waals surface area contributed by atoms with Gasteiger partial charge in [-0.15, -0.1) is 0 Å². The van der Waals surface area contributed by atoms with Crippen LogP contribution in [-0.2, 0) is 5.41 Å². The van der Waals surface area contributed by atoms with Gasteiger partial charge in [-0.2, -0.15) is 0 Å². The fourth-order valence-corrected chi connectivity index (χ4v) is 9.13. The van der Waals surface area contributed by atoms with Crippen molar-refractivity contribution >= 4 is 71.5 Å². The summed E-state index contributed by atoms with van der Waals surface area (Å²) in [7, 11) is 0. The molecule has 0 fully saturated rings. The number of aliphatic imine (C=N–C) groups is 2. The molecular formula is C50H35N3. The Kier molecular flexibility index (Phi) is 6.36. The second-order valence-electron chi connectivity index (χ2n) is 14.9. The summed E-state index contributed by atoms with van der Waals surface area (Å²) in [5.41, 5.74) is 10.6. The van der Waals surface area contributed by atoms with Crippen LogP contribution in [0.1, 0.15) is 42.5 Å². The van der Waals surface area contributed by atoms with E-state index in [1.165, 1.54) is 76.4 Å². The SMILES string of the molecule is CC1(C)c2ccccc2-c2ccc(C3=NC(n4c5c6ccccc6ccc5c5c6ccccc6c6ccccc6c54)=CCC(c4ccccc4)=N3)cc21. The van der Waals surface area contributed by atoms with E-state index in [2.05, 4.69) is 182 Å². The van der Waals surface area contributed by atoms with Crippen LogP contribution in [0.5, 0.6) is 0 Å². The van der Waals surface area contributed by atoms with Crippen molar-refractivity contribution in [2.75, 3.05) is 0 Å². The summed E-state index contributed by atoms with van der Waals surface area (Å²) < 4.78 is 2.44. The molecule has 3 nitrogen and oxygen atoms in total. The summed E-state index contributed by atoms with van der Waals surface area (Å²) in [5.74, 6) is 1.61. The maximum atomic E-state index is 5.63. The van der Waals surface area contributed by atoms with E-state index in [9.17, 15) is 0 Å². The van der Waals surface area contributed by atoms with Crippen LogP contribution in [0.4, 0.5) is 0 Å². The number of rotatable bonds is 3. The Morgan fingerprint density at radius 2 is 1.15 bits per heavy atom. The van der Waals surface area contributed by atoms with E-state index in [-0.39, 0.29) is 5.41 Å². The van der Waals surface area contributed by atoms with Crippen LogP contribution in [0.3, 0.4) is 0 Å². The Labute approximate surface area is 307 Å². The number of hydrogen-bond acceptors (Lipinski definition) is 2. The molecule has 250 valence electrons. The van der Waals surface area contributed by atoms with Gasteiger partial charge in [0, 0.05) is 38.9 Å². The Morgan fingerprint density at radius 3 is 1.98 bits per heavy atom. The first-order valence-electron chi connectivity index (χ1n) is 18.5. The molecule has 2 aliphatic rings. The zero-order valence-electron chi connectivity index (χ0n) is 29.6. The van der Waals surface area contributed by atoms with Crippen LogP contribution in [0.15, 0.2) is 174 Å². The molecule has 1 aliphatic heterocycles. The lowest BCUT2D eigenvalue weighted by molar-refractivity contribution is 0.660. The number of hydrogen-bond donors (Lipinski definition) is 0. The minimum absolute atomic E-state index is 0.135. The van der Waals surface area contributed by atoms with Gasteiger partial charge in [-0.1, -0.05) is 166 Å². The van der Waals surface area contributed by atoms with Gasteiger partial charge in [0.25, 0.3) is 0 Å². The largest absolute Gasteiger partial charge is 0.293 e. The van der Waals surface area contributed by atoms with Crippen molar-refractivity contribution in [3.05, 3.63) is 186 Å². The van der Waals surface area contributed by atoms with Crippen molar-refractivity contribution < 1.29 is 0 Å². The normalized spacial score (nSPS) is 15.0. The lowest BCUT2D eigenvalue weighted by Crippen LogP contribution is -2.15. The quantitative estimate of drug-likeness (QED) is 0.167. The Bertz CT molecular complexity index is 3100. The predicted molar refractivity (Wildman–Crippen MR) is 224 cm³/mol. The molecule has 3 heteroatoms.